The van der Waals surface area contributed by atoms with E-state index in [-0.39, 0.29) is 17.2 Å². The van der Waals surface area contributed by atoms with E-state index >= 15 is 0 Å². The molecule has 1 aliphatic rings. The Morgan fingerprint density at radius 1 is 1.25 bits per heavy atom. The maximum absolute atomic E-state index is 12.1. The Morgan fingerprint density at radius 2 is 1.90 bits per heavy atom. The summed E-state index contributed by atoms with van der Waals surface area (Å²) in [4.78, 5) is 23.8. The normalized spacial score (nSPS) is 19.1. The minimum absolute atomic E-state index is 0.0536. The monoisotopic (exact) mass is 283 g/mol. The smallest absolute Gasteiger partial charge is 0.242 e. The molecule has 0 bridgehead atoms. The fourth-order valence-corrected chi connectivity index (χ4v) is 2.85. The summed E-state index contributed by atoms with van der Waals surface area (Å²) >= 11 is 0. The number of nitrogens with one attached hydrogen (secondary N) is 2. The van der Waals surface area contributed by atoms with Crippen molar-refractivity contribution in [1.29, 1.82) is 0 Å². The topological polar surface area (TPSA) is 84.2 Å². The van der Waals surface area contributed by atoms with Crippen LogP contribution in [0.3, 0.4) is 0 Å². The highest BCUT2D eigenvalue weighted by molar-refractivity contribution is 5.87. The number of carbonyl (C=O) groups excluding carboxylic acids is 2. The fraction of sp³-hybridized carbons (Fsp3) is 0.867. The first-order valence-corrected chi connectivity index (χ1v) is 7.80. The van der Waals surface area contributed by atoms with E-state index in [1.165, 1.54) is 6.42 Å². The van der Waals surface area contributed by atoms with Crippen LogP contribution >= 0.6 is 0 Å². The molecule has 5 nitrogen and oxygen atoms in total. The fourth-order valence-electron chi connectivity index (χ4n) is 2.85. The summed E-state index contributed by atoms with van der Waals surface area (Å²) < 4.78 is 0. The second-order valence-electron chi connectivity index (χ2n) is 6.02. The quantitative estimate of drug-likeness (QED) is 0.659. The molecule has 1 aliphatic carbocycles. The summed E-state index contributed by atoms with van der Waals surface area (Å²) in [6, 6.07) is -0.479. The second-order valence-corrected chi connectivity index (χ2v) is 6.02. The van der Waals surface area contributed by atoms with E-state index in [0.717, 1.165) is 32.1 Å². The van der Waals surface area contributed by atoms with E-state index in [0.29, 0.717) is 19.5 Å². The van der Waals surface area contributed by atoms with Crippen LogP contribution in [0.25, 0.3) is 0 Å². The molecule has 0 aromatic carbocycles. The van der Waals surface area contributed by atoms with Crippen molar-refractivity contribution < 1.29 is 9.59 Å². The molecule has 5 heteroatoms. The molecule has 4 N–H and O–H groups in total. The molecule has 1 fully saturated rings. The molecule has 1 rings (SSSR count). The molecule has 20 heavy (non-hydrogen) atoms. The van der Waals surface area contributed by atoms with Crippen LogP contribution in [0.4, 0.5) is 0 Å². The van der Waals surface area contributed by atoms with Gasteiger partial charge in [0, 0.05) is 13.0 Å². The van der Waals surface area contributed by atoms with Crippen LogP contribution in [0, 0.1) is 5.41 Å². The molecule has 0 aliphatic heterocycles. The number of amides is 2. The minimum atomic E-state index is -0.479. The lowest BCUT2D eigenvalue weighted by atomic mass is 9.71. The lowest BCUT2D eigenvalue weighted by molar-refractivity contribution is -0.130. The average Bonchev–Trinajstić information content (AvgIpc) is 2.45. The molecule has 1 saturated carbocycles. The number of hydrogen-bond donors (Lipinski definition) is 3. The number of hydrogen-bond acceptors (Lipinski definition) is 3. The molecule has 0 heterocycles. The van der Waals surface area contributed by atoms with Gasteiger partial charge in [0.1, 0.15) is 6.04 Å². The first-order valence-electron chi connectivity index (χ1n) is 7.80. The van der Waals surface area contributed by atoms with Gasteiger partial charge in [-0.2, -0.15) is 0 Å². The van der Waals surface area contributed by atoms with Crippen LogP contribution in [-0.2, 0) is 9.59 Å². The summed E-state index contributed by atoms with van der Waals surface area (Å²) in [5, 5.41) is 5.57. The van der Waals surface area contributed by atoms with Crippen LogP contribution in [-0.4, -0.2) is 30.9 Å². The van der Waals surface area contributed by atoms with Gasteiger partial charge >= 0.3 is 0 Å². The molecular weight excluding hydrogens is 254 g/mol. The molecule has 0 spiro atoms. The maximum atomic E-state index is 12.1. The zero-order valence-corrected chi connectivity index (χ0v) is 12.8. The Kier molecular flexibility index (Phi) is 6.99. The van der Waals surface area contributed by atoms with Crippen molar-refractivity contribution in [2.45, 2.75) is 64.8 Å². The molecule has 0 aromatic rings. The molecule has 1 unspecified atom stereocenters. The van der Waals surface area contributed by atoms with Gasteiger partial charge in [0.05, 0.1) is 0 Å². The highest BCUT2D eigenvalue weighted by Gasteiger charge is 2.33. The van der Waals surface area contributed by atoms with Crippen molar-refractivity contribution in [3.63, 3.8) is 0 Å². The molecule has 2 amide bonds. The largest absolute Gasteiger partial charge is 0.354 e. The van der Waals surface area contributed by atoms with E-state index in [2.05, 4.69) is 10.6 Å². The number of nitrogens with two attached hydrogens (primary N) is 1. The molecule has 0 radical (unpaired) electrons. The zero-order valence-electron chi connectivity index (χ0n) is 12.8. The van der Waals surface area contributed by atoms with Gasteiger partial charge in [-0.1, -0.05) is 26.2 Å². The van der Waals surface area contributed by atoms with Gasteiger partial charge in [-0.05, 0) is 38.1 Å². The van der Waals surface area contributed by atoms with Crippen molar-refractivity contribution in [2.24, 2.45) is 11.1 Å². The zero-order chi connectivity index (χ0) is 15.0. The predicted octanol–water partition coefficient (Wildman–Crippen LogP) is 1.32. The molecule has 0 aromatic heterocycles. The van der Waals surface area contributed by atoms with Gasteiger partial charge in [-0.3, -0.25) is 9.59 Å². The molecule has 116 valence electrons. The van der Waals surface area contributed by atoms with E-state index < -0.39 is 6.04 Å². The third-order valence-corrected chi connectivity index (χ3v) is 4.20. The predicted molar refractivity (Wildman–Crippen MR) is 80.1 cm³/mol. The summed E-state index contributed by atoms with van der Waals surface area (Å²) in [5.41, 5.74) is 5.83. The summed E-state index contributed by atoms with van der Waals surface area (Å²) in [7, 11) is 0. The van der Waals surface area contributed by atoms with Gasteiger partial charge in [0.15, 0.2) is 0 Å². The first-order chi connectivity index (χ1) is 9.53. The van der Waals surface area contributed by atoms with Gasteiger partial charge in [0.2, 0.25) is 11.8 Å². The average molecular weight is 283 g/mol. The van der Waals surface area contributed by atoms with Crippen molar-refractivity contribution in [3.05, 3.63) is 0 Å². The summed E-state index contributed by atoms with van der Waals surface area (Å²) in [6.07, 6.45) is 6.91. The Balaban J connectivity index is 2.43. The standard InChI is InChI=1S/C15H29N3O2/c1-3-9-17-14(20)12(2)18-13(19)10-15(11-16)7-5-4-6-8-15/h12H,3-11,16H2,1-2H3,(H,17,20)(H,18,19). The van der Waals surface area contributed by atoms with Crippen molar-refractivity contribution >= 4 is 11.8 Å². The Labute approximate surface area is 122 Å². The summed E-state index contributed by atoms with van der Waals surface area (Å²) in [6.45, 7) is 4.92. The van der Waals surface area contributed by atoms with Crippen molar-refractivity contribution in [1.82, 2.24) is 10.6 Å². The van der Waals surface area contributed by atoms with E-state index in [1.807, 2.05) is 6.92 Å². The van der Waals surface area contributed by atoms with Gasteiger partial charge in [-0.15, -0.1) is 0 Å². The number of rotatable bonds is 7. The van der Waals surface area contributed by atoms with Crippen molar-refractivity contribution in [2.75, 3.05) is 13.1 Å². The van der Waals surface area contributed by atoms with Crippen LogP contribution in [0.2, 0.25) is 0 Å². The molecule has 0 saturated heterocycles. The van der Waals surface area contributed by atoms with E-state index in [1.54, 1.807) is 6.92 Å². The third-order valence-electron chi connectivity index (χ3n) is 4.20. The van der Waals surface area contributed by atoms with Crippen LogP contribution < -0.4 is 16.4 Å². The van der Waals surface area contributed by atoms with E-state index in [9.17, 15) is 9.59 Å². The Bertz CT molecular complexity index is 325. The van der Waals surface area contributed by atoms with Crippen molar-refractivity contribution in [3.8, 4) is 0 Å². The highest BCUT2D eigenvalue weighted by Crippen LogP contribution is 2.38. The second kappa shape index (κ2) is 8.25. The highest BCUT2D eigenvalue weighted by atomic mass is 16.2. The number of carbonyl (C=O) groups is 2. The van der Waals surface area contributed by atoms with Gasteiger partial charge in [0.25, 0.3) is 0 Å². The first kappa shape index (κ1) is 17.0. The summed E-state index contributed by atoms with van der Waals surface area (Å²) in [5.74, 6) is -0.179. The lowest BCUT2D eigenvalue weighted by Crippen LogP contribution is -2.47. The third kappa shape index (κ3) is 5.12. The van der Waals surface area contributed by atoms with Crippen LogP contribution in [0.15, 0.2) is 0 Å². The van der Waals surface area contributed by atoms with E-state index in [4.69, 9.17) is 5.73 Å². The Hall–Kier alpha value is -1.10. The van der Waals surface area contributed by atoms with Gasteiger partial charge < -0.3 is 16.4 Å². The lowest BCUT2D eigenvalue weighted by Gasteiger charge is -2.35. The molecule has 1 atom stereocenters. The van der Waals surface area contributed by atoms with Crippen LogP contribution in [0.5, 0.6) is 0 Å². The minimum Gasteiger partial charge on any atom is -0.354 e. The SMILES string of the molecule is CCCNC(=O)C(C)NC(=O)CC1(CN)CCCCC1. The maximum Gasteiger partial charge on any atom is 0.242 e. The Morgan fingerprint density at radius 3 is 2.45 bits per heavy atom. The van der Waals surface area contributed by atoms with Crippen LogP contribution in [0.1, 0.15) is 58.8 Å². The molecular formula is C15H29N3O2. The van der Waals surface area contributed by atoms with Gasteiger partial charge in [-0.25, -0.2) is 0 Å².